The molecule has 2 aromatic rings. The molecule has 1 aliphatic heterocycles. The molecule has 0 radical (unpaired) electrons. The van der Waals surface area contributed by atoms with Crippen LogP contribution in [-0.4, -0.2) is 48.8 Å². The number of carbonyl (C=O) groups excluding carboxylic acids is 1. The highest BCUT2D eigenvalue weighted by atomic mass is 19.4. The number of hydrogen-bond acceptors (Lipinski definition) is 5. The van der Waals surface area contributed by atoms with Crippen molar-refractivity contribution in [2.45, 2.75) is 56.7 Å². The molecule has 0 saturated carbocycles. The molecular weight excluding hydrogens is 542 g/mol. The first-order valence-corrected chi connectivity index (χ1v) is 11.7. The fourth-order valence-electron chi connectivity index (χ4n) is 4.29. The lowest BCUT2D eigenvalue weighted by atomic mass is 9.72. The van der Waals surface area contributed by atoms with Crippen LogP contribution in [0.3, 0.4) is 0 Å². The van der Waals surface area contributed by atoms with E-state index in [9.17, 15) is 36.2 Å². The number of benzene rings is 2. The Morgan fingerprint density at radius 3 is 2.10 bits per heavy atom. The minimum Gasteiger partial charge on any atom is -0.494 e. The van der Waals surface area contributed by atoms with Gasteiger partial charge in [0.05, 0.1) is 18.8 Å². The number of rotatable bonds is 8. The second kappa shape index (κ2) is 11.1. The van der Waals surface area contributed by atoms with Crippen molar-refractivity contribution in [3.05, 3.63) is 70.8 Å². The van der Waals surface area contributed by atoms with Crippen molar-refractivity contribution in [1.82, 2.24) is 5.32 Å². The average molecular weight is 567 g/mol. The summed E-state index contributed by atoms with van der Waals surface area (Å²) in [4.78, 5) is 12.6. The van der Waals surface area contributed by atoms with E-state index in [1.54, 1.807) is 6.92 Å². The normalized spacial score (nSPS) is 21.6. The molecule has 0 spiro atoms. The third kappa shape index (κ3) is 6.03. The summed E-state index contributed by atoms with van der Waals surface area (Å²) in [5.74, 6) is -6.46. The first-order chi connectivity index (χ1) is 18.0. The van der Waals surface area contributed by atoms with E-state index < -0.39 is 77.7 Å². The third-order valence-electron chi connectivity index (χ3n) is 6.10. The van der Waals surface area contributed by atoms with E-state index in [4.69, 9.17) is 9.47 Å². The summed E-state index contributed by atoms with van der Waals surface area (Å²) < 4.78 is 124. The van der Waals surface area contributed by atoms with Gasteiger partial charge in [0, 0.05) is 12.0 Å². The van der Waals surface area contributed by atoms with Gasteiger partial charge in [-0.25, -0.2) is 4.79 Å². The highest BCUT2D eigenvalue weighted by Crippen LogP contribution is 2.58. The highest BCUT2D eigenvalue weighted by Gasteiger charge is 2.75. The van der Waals surface area contributed by atoms with E-state index in [0.717, 1.165) is 24.3 Å². The Hall–Kier alpha value is -3.19. The van der Waals surface area contributed by atoms with Crippen LogP contribution >= 0.6 is 0 Å². The van der Waals surface area contributed by atoms with Crippen LogP contribution in [0.1, 0.15) is 36.5 Å². The lowest BCUT2D eigenvalue weighted by Crippen LogP contribution is -2.70. The molecule has 0 fully saturated rings. The molecular formula is C26H25F8NO4. The number of ether oxygens (including phenoxy) is 2. The van der Waals surface area contributed by atoms with Crippen LogP contribution in [0.2, 0.25) is 0 Å². The summed E-state index contributed by atoms with van der Waals surface area (Å²) in [6, 6.07) is 8.06. The maximum atomic E-state index is 16.3. The van der Waals surface area contributed by atoms with Gasteiger partial charge >= 0.3 is 24.2 Å². The zero-order valence-corrected chi connectivity index (χ0v) is 20.7. The van der Waals surface area contributed by atoms with Crippen molar-refractivity contribution >= 4 is 11.5 Å². The minimum absolute atomic E-state index is 0.153. The predicted molar refractivity (Wildman–Crippen MR) is 124 cm³/mol. The number of hydrogen-bond donors (Lipinski definition) is 2. The van der Waals surface area contributed by atoms with E-state index in [2.05, 4.69) is 0 Å². The van der Waals surface area contributed by atoms with Crippen LogP contribution in [0.15, 0.2) is 54.1 Å². The summed E-state index contributed by atoms with van der Waals surface area (Å²) in [5.41, 5.74) is -7.53. The minimum atomic E-state index is -5.73. The largest absolute Gasteiger partial charge is 0.494 e. The monoisotopic (exact) mass is 567 g/mol. The Kier molecular flexibility index (Phi) is 8.66. The zero-order valence-electron chi connectivity index (χ0n) is 20.7. The quantitative estimate of drug-likeness (QED) is 0.231. The van der Waals surface area contributed by atoms with E-state index in [1.165, 1.54) is 24.4 Å². The molecule has 0 aromatic heterocycles. The van der Waals surface area contributed by atoms with Crippen LogP contribution in [-0.2, 0) is 15.1 Å². The summed E-state index contributed by atoms with van der Waals surface area (Å²) in [6.45, 7) is 2.26. The topological polar surface area (TPSA) is 67.8 Å². The van der Waals surface area contributed by atoms with Crippen molar-refractivity contribution < 1.29 is 54.5 Å². The van der Waals surface area contributed by atoms with Crippen molar-refractivity contribution in [3.8, 4) is 5.75 Å². The Balaban J connectivity index is 2.13. The first-order valence-electron chi connectivity index (χ1n) is 11.7. The molecule has 2 unspecified atom stereocenters. The van der Waals surface area contributed by atoms with Crippen molar-refractivity contribution in [1.29, 1.82) is 0 Å². The SMILES string of the molecule is CCOC(=O)C1=C(c2ccc(C)cc2)C(F)(F)C(c2ccc(OCCCC(F)(F)F)cc2)(C(F)(F)F)NC1O. The summed E-state index contributed by atoms with van der Waals surface area (Å²) in [5, 5.41) is 12.2. The molecule has 1 aliphatic rings. The highest BCUT2D eigenvalue weighted by molar-refractivity contribution is 6.01. The number of halogens is 8. The Morgan fingerprint density at radius 2 is 1.59 bits per heavy atom. The van der Waals surface area contributed by atoms with Gasteiger partial charge < -0.3 is 14.6 Å². The maximum Gasteiger partial charge on any atom is 0.417 e. The molecule has 2 aromatic carbocycles. The molecule has 0 amide bonds. The van der Waals surface area contributed by atoms with Crippen LogP contribution < -0.4 is 10.1 Å². The van der Waals surface area contributed by atoms with Gasteiger partial charge in [0.1, 0.15) is 12.0 Å². The molecule has 39 heavy (non-hydrogen) atoms. The Morgan fingerprint density at radius 1 is 1.00 bits per heavy atom. The lowest BCUT2D eigenvalue weighted by molar-refractivity contribution is -0.266. The van der Waals surface area contributed by atoms with Gasteiger partial charge in [-0.2, -0.15) is 35.1 Å². The van der Waals surface area contributed by atoms with E-state index in [1.807, 2.05) is 0 Å². The summed E-state index contributed by atoms with van der Waals surface area (Å²) in [7, 11) is 0. The average Bonchev–Trinajstić information content (AvgIpc) is 2.82. The Bertz CT molecular complexity index is 1190. The molecule has 0 aliphatic carbocycles. The van der Waals surface area contributed by atoms with Crippen molar-refractivity contribution in [2.75, 3.05) is 13.2 Å². The molecule has 5 nitrogen and oxygen atoms in total. The maximum absolute atomic E-state index is 16.3. The summed E-state index contributed by atoms with van der Waals surface area (Å²) >= 11 is 0. The van der Waals surface area contributed by atoms with Crippen molar-refractivity contribution in [2.24, 2.45) is 0 Å². The fourth-order valence-corrected chi connectivity index (χ4v) is 4.29. The number of alkyl halides is 8. The molecule has 214 valence electrons. The number of nitrogens with one attached hydrogen (secondary N) is 1. The van der Waals surface area contributed by atoms with Gasteiger partial charge in [0.2, 0.25) is 5.54 Å². The van der Waals surface area contributed by atoms with Crippen molar-refractivity contribution in [3.63, 3.8) is 0 Å². The van der Waals surface area contributed by atoms with Crippen LogP contribution in [0.25, 0.3) is 5.57 Å². The fraction of sp³-hybridized carbons (Fsp3) is 0.423. The second-order valence-electron chi connectivity index (χ2n) is 8.84. The van der Waals surface area contributed by atoms with Crippen LogP contribution in [0.4, 0.5) is 35.1 Å². The molecule has 2 N–H and O–H groups in total. The molecule has 13 heteroatoms. The number of aliphatic hydroxyl groups is 1. The smallest absolute Gasteiger partial charge is 0.417 e. The number of aryl methyl sites for hydroxylation is 1. The zero-order chi connectivity index (χ0) is 29.2. The third-order valence-corrected chi connectivity index (χ3v) is 6.10. The lowest BCUT2D eigenvalue weighted by Gasteiger charge is -2.48. The van der Waals surface area contributed by atoms with E-state index >= 15 is 8.78 Å². The summed E-state index contributed by atoms with van der Waals surface area (Å²) in [6.07, 6.45) is -14.2. The number of aliphatic hydroxyl groups excluding tert-OH is 1. The van der Waals surface area contributed by atoms with Gasteiger partial charge in [-0.05, 0) is 43.5 Å². The molecule has 0 saturated heterocycles. The van der Waals surface area contributed by atoms with Crippen LogP contribution in [0, 0.1) is 6.92 Å². The van der Waals surface area contributed by atoms with Gasteiger partial charge in [0.15, 0.2) is 0 Å². The molecule has 2 atom stereocenters. The van der Waals surface area contributed by atoms with Gasteiger partial charge in [-0.15, -0.1) is 0 Å². The molecule has 1 heterocycles. The van der Waals surface area contributed by atoms with Gasteiger partial charge in [0.25, 0.3) is 0 Å². The van der Waals surface area contributed by atoms with E-state index in [-0.39, 0.29) is 12.4 Å². The predicted octanol–water partition coefficient (Wildman–Crippen LogP) is 6.05. The van der Waals surface area contributed by atoms with Gasteiger partial charge in [-0.3, -0.25) is 5.32 Å². The van der Waals surface area contributed by atoms with Gasteiger partial charge in [-0.1, -0.05) is 42.0 Å². The molecule has 3 rings (SSSR count). The standard InChI is InChI=1S/C26H25F8NO4/c1-3-38-22(37)19-20(16-7-5-15(2)6-8-16)25(30,31)24(26(32,33)34,35-21(19)36)17-9-11-18(12-10-17)39-14-4-13-23(27,28)29/h5-12,21,35-36H,3-4,13-14H2,1-2H3. The first kappa shape index (κ1) is 30.4. The van der Waals surface area contributed by atoms with E-state index in [0.29, 0.717) is 17.7 Å². The molecule has 0 bridgehead atoms. The number of carbonyl (C=O) groups is 1. The van der Waals surface area contributed by atoms with Crippen LogP contribution in [0.5, 0.6) is 5.75 Å². The second-order valence-corrected chi connectivity index (χ2v) is 8.84. The number of esters is 1. The Labute approximate surface area is 218 Å².